The zero-order valence-corrected chi connectivity index (χ0v) is 14.2. The van der Waals surface area contributed by atoms with Crippen molar-refractivity contribution in [3.8, 4) is 0 Å². The second-order valence-corrected chi connectivity index (χ2v) is 6.92. The van der Waals surface area contributed by atoms with Crippen molar-refractivity contribution >= 4 is 11.8 Å². The van der Waals surface area contributed by atoms with Gasteiger partial charge in [0.15, 0.2) is 0 Å². The van der Waals surface area contributed by atoms with Crippen LogP contribution in [0.5, 0.6) is 0 Å². The number of likely N-dealkylation sites (N-methyl/N-ethyl adjacent to an activating group) is 1. The van der Waals surface area contributed by atoms with Crippen LogP contribution in [0.1, 0.15) is 58.8 Å². The summed E-state index contributed by atoms with van der Waals surface area (Å²) in [5, 5.41) is 6.00. The van der Waals surface area contributed by atoms with Gasteiger partial charge in [-0.1, -0.05) is 19.3 Å². The van der Waals surface area contributed by atoms with Crippen molar-refractivity contribution in [2.75, 3.05) is 13.6 Å². The predicted octanol–water partition coefficient (Wildman–Crippen LogP) is 1.67. The number of hydrogen-bond acceptors (Lipinski definition) is 3. The maximum absolute atomic E-state index is 13.0. The Hall–Kier alpha value is -1.10. The average molecular weight is 309 g/mol. The van der Waals surface area contributed by atoms with E-state index in [4.69, 9.17) is 0 Å². The average Bonchev–Trinajstić information content (AvgIpc) is 2.97. The molecule has 0 bridgehead atoms. The van der Waals surface area contributed by atoms with Gasteiger partial charge in [0.2, 0.25) is 11.8 Å². The number of hydrogen-bond donors (Lipinski definition) is 2. The Bertz CT molecular complexity index is 393. The monoisotopic (exact) mass is 309 g/mol. The van der Waals surface area contributed by atoms with Gasteiger partial charge in [-0.25, -0.2) is 0 Å². The highest BCUT2D eigenvalue weighted by molar-refractivity contribution is 5.90. The van der Waals surface area contributed by atoms with E-state index in [1.165, 1.54) is 19.3 Å². The molecule has 2 unspecified atom stereocenters. The molecule has 2 fully saturated rings. The first kappa shape index (κ1) is 17.3. The molecule has 0 aromatic carbocycles. The fraction of sp³-hybridized carbons (Fsp3) is 0.882. The van der Waals surface area contributed by atoms with Crippen LogP contribution in [0, 0.1) is 5.92 Å². The van der Waals surface area contributed by atoms with Gasteiger partial charge >= 0.3 is 0 Å². The Labute approximate surface area is 134 Å². The van der Waals surface area contributed by atoms with Gasteiger partial charge < -0.3 is 15.5 Å². The van der Waals surface area contributed by atoms with Crippen LogP contribution in [0.3, 0.4) is 0 Å². The molecule has 2 rings (SSSR count). The molecule has 0 spiro atoms. The normalized spacial score (nSPS) is 25.8. The molecule has 1 heterocycles. The lowest BCUT2D eigenvalue weighted by atomic mass is 9.83. The van der Waals surface area contributed by atoms with Crippen LogP contribution >= 0.6 is 0 Å². The van der Waals surface area contributed by atoms with Gasteiger partial charge in [0.05, 0.1) is 6.04 Å². The first-order chi connectivity index (χ1) is 10.5. The van der Waals surface area contributed by atoms with Crippen molar-refractivity contribution in [3.63, 3.8) is 0 Å². The Morgan fingerprint density at radius 2 is 1.77 bits per heavy atom. The molecule has 0 radical (unpaired) electrons. The Morgan fingerprint density at radius 3 is 2.32 bits per heavy atom. The molecule has 0 aromatic rings. The molecule has 2 amide bonds. The molecular formula is C17H31N3O2. The lowest BCUT2D eigenvalue weighted by Gasteiger charge is -2.34. The number of rotatable bonds is 5. The van der Waals surface area contributed by atoms with Gasteiger partial charge in [0.1, 0.15) is 6.04 Å². The van der Waals surface area contributed by atoms with E-state index in [9.17, 15) is 9.59 Å². The lowest BCUT2D eigenvalue weighted by Crippen LogP contribution is -2.56. The van der Waals surface area contributed by atoms with Crippen LogP contribution in [0.2, 0.25) is 0 Å². The third kappa shape index (κ3) is 4.00. The molecule has 126 valence electrons. The van der Waals surface area contributed by atoms with E-state index in [0.717, 1.165) is 32.2 Å². The van der Waals surface area contributed by atoms with E-state index >= 15 is 0 Å². The van der Waals surface area contributed by atoms with Crippen molar-refractivity contribution < 1.29 is 9.59 Å². The number of nitrogens with one attached hydrogen (secondary N) is 2. The highest BCUT2D eigenvalue weighted by atomic mass is 16.2. The summed E-state index contributed by atoms with van der Waals surface area (Å²) in [6.45, 7) is 4.78. The van der Waals surface area contributed by atoms with Gasteiger partial charge in [-0.05, 0) is 52.5 Å². The lowest BCUT2D eigenvalue weighted by molar-refractivity contribution is -0.139. The second-order valence-electron chi connectivity index (χ2n) is 6.92. The summed E-state index contributed by atoms with van der Waals surface area (Å²) >= 11 is 0. The van der Waals surface area contributed by atoms with Crippen LogP contribution in [0.4, 0.5) is 0 Å². The van der Waals surface area contributed by atoms with Gasteiger partial charge in [-0.2, -0.15) is 0 Å². The standard InChI is InChI=1S/C17H31N3O2/c1-12-8-7-11-20(12)17(22)15(14-9-5-4-6-10-14)19-16(21)13(2)18-3/h12-15,18H,4-11H2,1-3H3,(H,19,21)/t12?,13-,15?/m0/s1. The molecule has 1 aliphatic heterocycles. The van der Waals surface area contributed by atoms with Gasteiger partial charge in [-0.15, -0.1) is 0 Å². The minimum Gasteiger partial charge on any atom is -0.343 e. The van der Waals surface area contributed by atoms with E-state index in [-0.39, 0.29) is 23.9 Å². The summed E-state index contributed by atoms with van der Waals surface area (Å²) in [4.78, 5) is 27.3. The van der Waals surface area contributed by atoms with Crippen molar-refractivity contribution in [3.05, 3.63) is 0 Å². The molecule has 0 aromatic heterocycles. The third-order valence-corrected chi connectivity index (χ3v) is 5.35. The molecule has 3 atom stereocenters. The quantitative estimate of drug-likeness (QED) is 0.812. The highest BCUT2D eigenvalue weighted by Gasteiger charge is 2.37. The predicted molar refractivity (Wildman–Crippen MR) is 87.4 cm³/mol. The molecule has 22 heavy (non-hydrogen) atoms. The summed E-state index contributed by atoms with van der Waals surface area (Å²) in [6, 6.07) is -0.309. The minimum absolute atomic E-state index is 0.0710. The van der Waals surface area contributed by atoms with Crippen LogP contribution in [0.15, 0.2) is 0 Å². The number of amides is 2. The number of carbonyl (C=O) groups excluding carboxylic acids is 2. The van der Waals surface area contributed by atoms with Crippen LogP contribution in [-0.4, -0.2) is 48.4 Å². The maximum atomic E-state index is 13.0. The van der Waals surface area contributed by atoms with Crippen molar-refractivity contribution in [1.29, 1.82) is 0 Å². The van der Waals surface area contributed by atoms with Gasteiger partial charge in [-0.3, -0.25) is 9.59 Å². The molecular weight excluding hydrogens is 278 g/mol. The molecule has 2 aliphatic rings. The third-order valence-electron chi connectivity index (χ3n) is 5.35. The number of likely N-dealkylation sites (tertiary alicyclic amines) is 1. The van der Waals surface area contributed by atoms with Crippen LogP contribution in [-0.2, 0) is 9.59 Å². The fourth-order valence-electron chi connectivity index (χ4n) is 3.70. The molecule has 2 N–H and O–H groups in total. The number of nitrogens with zero attached hydrogens (tertiary/aromatic N) is 1. The molecule has 5 heteroatoms. The highest BCUT2D eigenvalue weighted by Crippen LogP contribution is 2.29. The first-order valence-electron chi connectivity index (χ1n) is 8.82. The zero-order chi connectivity index (χ0) is 16.1. The molecule has 1 aliphatic carbocycles. The van der Waals surface area contributed by atoms with E-state index in [2.05, 4.69) is 17.6 Å². The maximum Gasteiger partial charge on any atom is 0.245 e. The summed E-state index contributed by atoms with van der Waals surface area (Å²) < 4.78 is 0. The molecule has 1 saturated heterocycles. The SMILES string of the molecule is CN[C@@H](C)C(=O)NC(C(=O)N1CCCC1C)C1CCCCC1. The first-order valence-corrected chi connectivity index (χ1v) is 8.82. The second kappa shape index (κ2) is 7.95. The summed E-state index contributed by atoms with van der Waals surface area (Å²) in [7, 11) is 1.77. The van der Waals surface area contributed by atoms with E-state index < -0.39 is 0 Å². The largest absolute Gasteiger partial charge is 0.343 e. The van der Waals surface area contributed by atoms with Gasteiger partial charge in [0.25, 0.3) is 0 Å². The fourth-order valence-corrected chi connectivity index (χ4v) is 3.70. The van der Waals surface area contributed by atoms with E-state index in [0.29, 0.717) is 12.0 Å². The Balaban J connectivity index is 2.09. The van der Waals surface area contributed by atoms with Crippen LogP contribution < -0.4 is 10.6 Å². The number of carbonyl (C=O) groups is 2. The van der Waals surface area contributed by atoms with E-state index in [1.54, 1.807) is 7.05 Å². The van der Waals surface area contributed by atoms with Crippen molar-refractivity contribution in [2.24, 2.45) is 5.92 Å². The molecule has 1 saturated carbocycles. The van der Waals surface area contributed by atoms with Gasteiger partial charge in [0, 0.05) is 12.6 Å². The summed E-state index contributed by atoms with van der Waals surface area (Å²) in [5.74, 6) is 0.355. The minimum atomic E-state index is -0.343. The summed E-state index contributed by atoms with van der Waals surface area (Å²) in [5.41, 5.74) is 0. The van der Waals surface area contributed by atoms with Crippen molar-refractivity contribution in [1.82, 2.24) is 15.5 Å². The topological polar surface area (TPSA) is 61.4 Å². The molecule has 5 nitrogen and oxygen atoms in total. The smallest absolute Gasteiger partial charge is 0.245 e. The Morgan fingerprint density at radius 1 is 1.09 bits per heavy atom. The summed E-state index contributed by atoms with van der Waals surface area (Å²) in [6.07, 6.45) is 7.83. The van der Waals surface area contributed by atoms with E-state index in [1.807, 2.05) is 11.8 Å². The zero-order valence-electron chi connectivity index (χ0n) is 14.2. The Kier molecular flexibility index (Phi) is 6.24. The van der Waals surface area contributed by atoms with Crippen molar-refractivity contribution in [2.45, 2.75) is 76.9 Å². The van der Waals surface area contributed by atoms with Crippen LogP contribution in [0.25, 0.3) is 0 Å².